The quantitative estimate of drug-likeness (QED) is 0.649. The number of amides is 1. The highest BCUT2D eigenvalue weighted by Gasteiger charge is 2.28. The lowest BCUT2D eigenvalue weighted by Gasteiger charge is -2.10. The van der Waals surface area contributed by atoms with E-state index in [1.807, 2.05) is 6.92 Å². The fourth-order valence-corrected chi connectivity index (χ4v) is 2.26. The van der Waals surface area contributed by atoms with Gasteiger partial charge in [0.25, 0.3) is 0 Å². The third-order valence-electron chi connectivity index (χ3n) is 2.69. The van der Waals surface area contributed by atoms with Gasteiger partial charge in [-0.05, 0) is 6.42 Å². The topological polar surface area (TPSA) is 67.4 Å². The zero-order valence-electron chi connectivity index (χ0n) is 9.82. The van der Waals surface area contributed by atoms with Crippen LogP contribution in [0.3, 0.4) is 0 Å². The van der Waals surface area contributed by atoms with E-state index in [-0.39, 0.29) is 18.1 Å². The molecule has 0 aromatic heterocycles. The van der Waals surface area contributed by atoms with Crippen molar-refractivity contribution >= 4 is 16.7 Å². The maximum atomic E-state index is 11.6. The summed E-state index contributed by atoms with van der Waals surface area (Å²) in [5, 5.41) is 5.88. The second-order valence-electron chi connectivity index (χ2n) is 3.78. The smallest absolute Gasteiger partial charge is 0.237 e. The number of nitrogens with one attached hydrogen (secondary N) is 2. The van der Waals surface area contributed by atoms with Crippen molar-refractivity contribution in [2.75, 3.05) is 31.7 Å². The molecule has 1 fully saturated rings. The Morgan fingerprint density at radius 2 is 2.38 bits per heavy atom. The number of carbonyl (C=O) groups is 1. The summed E-state index contributed by atoms with van der Waals surface area (Å²) in [6, 6.07) is -0.167. The monoisotopic (exact) mass is 248 g/mol. The van der Waals surface area contributed by atoms with E-state index in [1.54, 1.807) is 7.11 Å². The summed E-state index contributed by atoms with van der Waals surface area (Å²) in [6.07, 6.45) is 0.833. The molecule has 1 amide bonds. The summed E-state index contributed by atoms with van der Waals surface area (Å²) in [4.78, 5) is 11.6. The first kappa shape index (κ1) is 13.6. The summed E-state index contributed by atoms with van der Waals surface area (Å²) in [7, 11) is 0.836. The highest BCUT2D eigenvalue weighted by atomic mass is 32.2. The molecule has 16 heavy (non-hydrogen) atoms. The minimum atomic E-state index is -0.813. The molecular formula is C10H20N2O3S. The molecule has 1 aliphatic heterocycles. The van der Waals surface area contributed by atoms with Gasteiger partial charge in [-0.3, -0.25) is 9.00 Å². The minimum Gasteiger partial charge on any atom is -0.380 e. The fourth-order valence-electron chi connectivity index (χ4n) is 1.64. The lowest BCUT2D eigenvalue weighted by Crippen LogP contribution is -2.41. The molecule has 0 radical (unpaired) electrons. The van der Waals surface area contributed by atoms with E-state index in [0.29, 0.717) is 24.5 Å². The second kappa shape index (κ2) is 6.98. The number of ether oxygens (including phenoxy) is 1. The van der Waals surface area contributed by atoms with Gasteiger partial charge in [0.15, 0.2) is 0 Å². The van der Waals surface area contributed by atoms with Gasteiger partial charge in [0.1, 0.15) is 0 Å². The van der Waals surface area contributed by atoms with Crippen LogP contribution in [0.5, 0.6) is 0 Å². The SMILES string of the molecule is CCS(=O)CCNC(=O)C1CC(OC)CN1. The molecule has 0 aromatic rings. The van der Waals surface area contributed by atoms with Gasteiger partial charge in [0.05, 0.1) is 12.1 Å². The molecule has 0 aromatic carbocycles. The van der Waals surface area contributed by atoms with E-state index in [9.17, 15) is 9.00 Å². The van der Waals surface area contributed by atoms with Gasteiger partial charge in [-0.1, -0.05) is 6.92 Å². The van der Waals surface area contributed by atoms with Crippen LogP contribution in [0.4, 0.5) is 0 Å². The Morgan fingerprint density at radius 3 is 2.94 bits per heavy atom. The fraction of sp³-hybridized carbons (Fsp3) is 0.900. The maximum Gasteiger partial charge on any atom is 0.237 e. The van der Waals surface area contributed by atoms with Gasteiger partial charge in [0, 0.05) is 42.5 Å². The lowest BCUT2D eigenvalue weighted by molar-refractivity contribution is -0.122. The molecule has 2 N–H and O–H groups in total. The molecule has 94 valence electrons. The first-order valence-electron chi connectivity index (χ1n) is 5.56. The van der Waals surface area contributed by atoms with Crippen molar-refractivity contribution in [2.45, 2.75) is 25.5 Å². The van der Waals surface area contributed by atoms with Crippen molar-refractivity contribution in [2.24, 2.45) is 0 Å². The van der Waals surface area contributed by atoms with Crippen LogP contribution in [0.2, 0.25) is 0 Å². The van der Waals surface area contributed by atoms with Gasteiger partial charge in [-0.2, -0.15) is 0 Å². The van der Waals surface area contributed by atoms with E-state index < -0.39 is 10.8 Å². The highest BCUT2D eigenvalue weighted by molar-refractivity contribution is 7.84. The normalized spacial score (nSPS) is 26.6. The maximum absolute atomic E-state index is 11.6. The summed E-state index contributed by atoms with van der Waals surface area (Å²) in [5.74, 6) is 1.15. The Hall–Kier alpha value is -0.460. The van der Waals surface area contributed by atoms with Crippen LogP contribution in [0.25, 0.3) is 0 Å². The first-order chi connectivity index (χ1) is 7.67. The van der Waals surface area contributed by atoms with Crippen LogP contribution >= 0.6 is 0 Å². The molecule has 6 heteroatoms. The van der Waals surface area contributed by atoms with Crippen molar-refractivity contribution in [1.82, 2.24) is 10.6 Å². The van der Waals surface area contributed by atoms with Crippen LogP contribution in [-0.2, 0) is 20.3 Å². The molecule has 1 saturated heterocycles. The second-order valence-corrected chi connectivity index (χ2v) is 5.64. The largest absolute Gasteiger partial charge is 0.380 e. The van der Waals surface area contributed by atoms with Crippen LogP contribution in [0.15, 0.2) is 0 Å². The summed E-state index contributed by atoms with van der Waals surface area (Å²) in [5.41, 5.74) is 0. The molecule has 0 saturated carbocycles. The van der Waals surface area contributed by atoms with E-state index in [0.717, 1.165) is 6.54 Å². The number of hydrogen-bond donors (Lipinski definition) is 2. The number of methoxy groups -OCH3 is 1. The van der Waals surface area contributed by atoms with Gasteiger partial charge >= 0.3 is 0 Å². The average molecular weight is 248 g/mol. The van der Waals surface area contributed by atoms with Crippen LogP contribution in [-0.4, -0.2) is 54.0 Å². The molecule has 0 spiro atoms. The van der Waals surface area contributed by atoms with Crippen LogP contribution in [0, 0.1) is 0 Å². The third kappa shape index (κ3) is 4.19. The van der Waals surface area contributed by atoms with E-state index in [1.165, 1.54) is 0 Å². The third-order valence-corrected chi connectivity index (χ3v) is 3.99. The molecule has 3 atom stereocenters. The van der Waals surface area contributed by atoms with Crippen LogP contribution < -0.4 is 10.6 Å². The molecule has 5 nitrogen and oxygen atoms in total. The number of rotatable bonds is 6. The van der Waals surface area contributed by atoms with Crippen molar-refractivity contribution in [3.05, 3.63) is 0 Å². The van der Waals surface area contributed by atoms with E-state index in [2.05, 4.69) is 10.6 Å². The Morgan fingerprint density at radius 1 is 1.62 bits per heavy atom. The summed E-state index contributed by atoms with van der Waals surface area (Å²) < 4.78 is 16.3. The van der Waals surface area contributed by atoms with Crippen molar-refractivity contribution in [3.63, 3.8) is 0 Å². The summed E-state index contributed by atoms with van der Waals surface area (Å²) >= 11 is 0. The van der Waals surface area contributed by atoms with E-state index >= 15 is 0 Å². The van der Waals surface area contributed by atoms with Gasteiger partial charge in [-0.25, -0.2) is 0 Å². The van der Waals surface area contributed by atoms with E-state index in [4.69, 9.17) is 4.74 Å². The molecular weight excluding hydrogens is 228 g/mol. The molecule has 0 bridgehead atoms. The first-order valence-corrected chi connectivity index (χ1v) is 7.05. The number of hydrogen-bond acceptors (Lipinski definition) is 4. The molecule has 1 rings (SSSR count). The molecule has 3 unspecified atom stereocenters. The van der Waals surface area contributed by atoms with Crippen molar-refractivity contribution < 1.29 is 13.7 Å². The average Bonchev–Trinajstić information content (AvgIpc) is 2.77. The standard InChI is InChI=1S/C10H20N2O3S/c1-3-16(14)5-4-11-10(13)9-6-8(15-2)7-12-9/h8-9,12H,3-7H2,1-2H3,(H,11,13). The highest BCUT2D eigenvalue weighted by Crippen LogP contribution is 2.09. The zero-order chi connectivity index (χ0) is 12.0. The Kier molecular flexibility index (Phi) is 5.94. The Balaban J connectivity index is 2.18. The predicted octanol–water partition coefficient (Wildman–Crippen LogP) is -0.752. The zero-order valence-corrected chi connectivity index (χ0v) is 10.6. The van der Waals surface area contributed by atoms with Gasteiger partial charge < -0.3 is 15.4 Å². The Bertz CT molecular complexity index is 260. The number of carbonyl (C=O) groups excluding carboxylic acids is 1. The molecule has 0 aliphatic carbocycles. The molecule has 1 heterocycles. The van der Waals surface area contributed by atoms with Crippen LogP contribution in [0.1, 0.15) is 13.3 Å². The minimum absolute atomic E-state index is 0.0207. The summed E-state index contributed by atoms with van der Waals surface area (Å²) in [6.45, 7) is 3.07. The predicted molar refractivity (Wildman–Crippen MR) is 63.8 cm³/mol. The van der Waals surface area contributed by atoms with Crippen molar-refractivity contribution in [1.29, 1.82) is 0 Å². The van der Waals surface area contributed by atoms with Gasteiger partial charge in [0.2, 0.25) is 5.91 Å². The van der Waals surface area contributed by atoms with Crippen molar-refractivity contribution in [3.8, 4) is 0 Å². The molecule has 1 aliphatic rings. The lowest BCUT2D eigenvalue weighted by atomic mass is 10.2. The Labute approximate surface area is 98.8 Å². The van der Waals surface area contributed by atoms with Gasteiger partial charge in [-0.15, -0.1) is 0 Å².